The van der Waals surface area contributed by atoms with Crippen molar-refractivity contribution in [1.82, 2.24) is 4.72 Å². The van der Waals surface area contributed by atoms with Crippen LogP contribution >= 0.6 is 0 Å². The molecule has 162 valence electrons. The average molecular weight is 436 g/mol. The van der Waals surface area contributed by atoms with E-state index in [1.807, 2.05) is 13.8 Å². The monoisotopic (exact) mass is 436 g/mol. The van der Waals surface area contributed by atoms with Gasteiger partial charge >= 0.3 is 5.69 Å². The summed E-state index contributed by atoms with van der Waals surface area (Å²) in [6.45, 7) is 4.84. The Kier molecular flexibility index (Phi) is 6.47. The molecule has 0 aliphatic carbocycles. The van der Waals surface area contributed by atoms with Crippen LogP contribution in [0.5, 0.6) is 17.2 Å². The largest absolute Gasteiger partial charge is 0.490 e. The summed E-state index contributed by atoms with van der Waals surface area (Å²) in [6.07, 6.45) is 0.764. The molecule has 9 nitrogen and oxygen atoms in total. The molecule has 0 amide bonds. The number of fused-ring (bicyclic) bond motifs is 1. The van der Waals surface area contributed by atoms with E-state index < -0.39 is 26.7 Å². The fraction of sp³-hybridized carbons (Fsp3) is 0.400. The maximum absolute atomic E-state index is 13.0. The molecule has 2 aromatic rings. The number of methoxy groups -OCH3 is 1. The van der Waals surface area contributed by atoms with Crippen molar-refractivity contribution < 1.29 is 27.6 Å². The number of hydrogen-bond donors (Lipinski definition) is 1. The number of nitro groups is 1. The predicted molar refractivity (Wildman–Crippen MR) is 110 cm³/mol. The summed E-state index contributed by atoms with van der Waals surface area (Å²) in [5, 5.41) is 11.3. The van der Waals surface area contributed by atoms with Crippen LogP contribution in [0.2, 0.25) is 0 Å². The molecule has 2 aromatic carbocycles. The molecular weight excluding hydrogens is 412 g/mol. The van der Waals surface area contributed by atoms with Gasteiger partial charge in [0.2, 0.25) is 10.0 Å². The zero-order valence-electron chi connectivity index (χ0n) is 17.0. The Balaban J connectivity index is 1.94. The zero-order chi connectivity index (χ0) is 21.9. The molecule has 3 rings (SSSR count). The van der Waals surface area contributed by atoms with Gasteiger partial charge in [0.1, 0.15) is 0 Å². The highest BCUT2D eigenvalue weighted by Gasteiger charge is 2.27. The molecule has 0 fully saturated rings. The van der Waals surface area contributed by atoms with Gasteiger partial charge in [0.25, 0.3) is 0 Å². The molecule has 0 saturated carbocycles. The Hall–Kier alpha value is -2.85. The normalized spacial score (nSPS) is 14.8. The van der Waals surface area contributed by atoms with E-state index in [4.69, 9.17) is 14.2 Å². The van der Waals surface area contributed by atoms with Crippen LogP contribution in [0.4, 0.5) is 5.69 Å². The third kappa shape index (κ3) is 4.65. The van der Waals surface area contributed by atoms with Gasteiger partial charge in [-0.15, -0.1) is 0 Å². The smallest absolute Gasteiger partial charge is 0.312 e. The van der Waals surface area contributed by atoms with Gasteiger partial charge in [0.15, 0.2) is 17.2 Å². The molecule has 0 spiro atoms. The SMILES string of the molecule is COc1ccc(S(=O)(=O)NC(c2ccc3c(c2)OCCCO3)C(C)C)cc1[N+](=O)[O-]. The maximum atomic E-state index is 13.0. The fourth-order valence-corrected chi connectivity index (χ4v) is 4.57. The molecule has 1 N–H and O–H groups in total. The minimum absolute atomic E-state index is 0.0118. The summed E-state index contributed by atoms with van der Waals surface area (Å²) in [5.74, 6) is 1.07. The first-order valence-corrected chi connectivity index (χ1v) is 11.0. The molecule has 0 aromatic heterocycles. The lowest BCUT2D eigenvalue weighted by molar-refractivity contribution is -0.386. The molecule has 0 radical (unpaired) electrons. The van der Waals surface area contributed by atoms with Gasteiger partial charge < -0.3 is 14.2 Å². The topological polar surface area (TPSA) is 117 Å². The molecule has 1 aliphatic heterocycles. The van der Waals surface area contributed by atoms with Crippen LogP contribution in [0.25, 0.3) is 0 Å². The number of benzene rings is 2. The standard InChI is InChI=1S/C20H24N2O7S/c1-13(2)20(14-5-7-18-19(11-14)29-10-4-9-28-18)21-30(25,26)15-6-8-17(27-3)16(12-15)22(23)24/h5-8,11-13,20-21H,4,9-10H2,1-3H3. The van der Waals surface area contributed by atoms with E-state index in [9.17, 15) is 18.5 Å². The van der Waals surface area contributed by atoms with Crippen LogP contribution in [0, 0.1) is 16.0 Å². The fourth-order valence-electron chi connectivity index (χ4n) is 3.18. The van der Waals surface area contributed by atoms with Crippen molar-refractivity contribution in [3.05, 3.63) is 52.1 Å². The zero-order valence-corrected chi connectivity index (χ0v) is 17.8. The third-order valence-corrected chi connectivity index (χ3v) is 6.18. The van der Waals surface area contributed by atoms with Crippen molar-refractivity contribution in [2.75, 3.05) is 20.3 Å². The number of rotatable bonds is 7. The van der Waals surface area contributed by atoms with Crippen LogP contribution < -0.4 is 18.9 Å². The van der Waals surface area contributed by atoms with Crippen molar-refractivity contribution >= 4 is 15.7 Å². The number of ether oxygens (including phenoxy) is 3. The Morgan fingerprint density at radius 3 is 2.43 bits per heavy atom. The second kappa shape index (κ2) is 8.88. The Bertz CT molecular complexity index is 1040. The number of nitro benzene ring substituents is 1. The maximum Gasteiger partial charge on any atom is 0.312 e. The quantitative estimate of drug-likeness (QED) is 0.522. The van der Waals surface area contributed by atoms with Gasteiger partial charge in [-0.05, 0) is 35.7 Å². The van der Waals surface area contributed by atoms with Crippen LogP contribution in [0.15, 0.2) is 41.3 Å². The number of nitrogens with zero attached hydrogens (tertiary/aromatic N) is 1. The second-order valence-electron chi connectivity index (χ2n) is 7.19. The highest BCUT2D eigenvalue weighted by atomic mass is 32.2. The van der Waals surface area contributed by atoms with E-state index in [1.54, 1.807) is 18.2 Å². The molecule has 1 aliphatic rings. The van der Waals surface area contributed by atoms with Crippen molar-refractivity contribution in [2.24, 2.45) is 5.92 Å². The number of nitrogens with one attached hydrogen (secondary N) is 1. The summed E-state index contributed by atoms with van der Waals surface area (Å²) in [6, 6.07) is 8.28. The van der Waals surface area contributed by atoms with E-state index in [0.29, 0.717) is 30.3 Å². The summed E-state index contributed by atoms with van der Waals surface area (Å²) < 4.78 is 45.0. The van der Waals surface area contributed by atoms with E-state index in [2.05, 4.69) is 4.72 Å². The van der Waals surface area contributed by atoms with Crippen molar-refractivity contribution in [2.45, 2.75) is 31.2 Å². The molecule has 1 atom stereocenters. The second-order valence-corrected chi connectivity index (χ2v) is 8.90. The van der Waals surface area contributed by atoms with E-state index >= 15 is 0 Å². The Morgan fingerprint density at radius 2 is 1.80 bits per heavy atom. The summed E-state index contributed by atoms with van der Waals surface area (Å²) in [7, 11) is -2.76. The minimum atomic E-state index is -4.04. The van der Waals surface area contributed by atoms with Gasteiger partial charge in [-0.2, -0.15) is 0 Å². The molecule has 30 heavy (non-hydrogen) atoms. The van der Waals surface area contributed by atoms with Crippen LogP contribution in [-0.4, -0.2) is 33.7 Å². The first-order chi connectivity index (χ1) is 14.2. The Morgan fingerprint density at radius 1 is 1.10 bits per heavy atom. The van der Waals surface area contributed by atoms with Crippen LogP contribution in [0.1, 0.15) is 31.9 Å². The highest BCUT2D eigenvalue weighted by Crippen LogP contribution is 2.35. The third-order valence-electron chi connectivity index (χ3n) is 4.74. The van der Waals surface area contributed by atoms with E-state index in [-0.39, 0.29) is 16.6 Å². The van der Waals surface area contributed by atoms with E-state index in [1.165, 1.54) is 19.2 Å². The van der Waals surface area contributed by atoms with Crippen molar-refractivity contribution in [3.63, 3.8) is 0 Å². The first-order valence-electron chi connectivity index (χ1n) is 9.47. The van der Waals surface area contributed by atoms with Gasteiger partial charge in [-0.3, -0.25) is 10.1 Å². The average Bonchev–Trinajstić information content (AvgIpc) is 2.96. The Labute approximate surface area is 175 Å². The highest BCUT2D eigenvalue weighted by molar-refractivity contribution is 7.89. The van der Waals surface area contributed by atoms with Gasteiger partial charge in [-0.25, -0.2) is 13.1 Å². The van der Waals surface area contributed by atoms with Crippen LogP contribution in [0.3, 0.4) is 0 Å². The summed E-state index contributed by atoms with van der Waals surface area (Å²) >= 11 is 0. The summed E-state index contributed by atoms with van der Waals surface area (Å²) in [4.78, 5) is 10.4. The lowest BCUT2D eigenvalue weighted by atomic mass is 9.97. The number of sulfonamides is 1. The van der Waals surface area contributed by atoms with Crippen molar-refractivity contribution in [1.29, 1.82) is 0 Å². The molecule has 10 heteroatoms. The predicted octanol–water partition coefficient (Wildman–Crippen LogP) is 3.44. The van der Waals surface area contributed by atoms with Gasteiger partial charge in [-0.1, -0.05) is 19.9 Å². The minimum Gasteiger partial charge on any atom is -0.490 e. The van der Waals surface area contributed by atoms with Gasteiger partial charge in [0, 0.05) is 18.5 Å². The number of hydrogen-bond acceptors (Lipinski definition) is 7. The first kappa shape index (κ1) is 21.8. The van der Waals surface area contributed by atoms with Crippen molar-refractivity contribution in [3.8, 4) is 17.2 Å². The molecule has 1 heterocycles. The van der Waals surface area contributed by atoms with Crippen LogP contribution in [-0.2, 0) is 10.0 Å². The summed E-state index contributed by atoms with van der Waals surface area (Å²) in [5.41, 5.74) is 0.290. The molecule has 1 unspecified atom stereocenters. The lowest BCUT2D eigenvalue weighted by Crippen LogP contribution is -2.32. The molecule has 0 bridgehead atoms. The molecule has 0 saturated heterocycles. The molecular formula is C20H24N2O7S. The van der Waals surface area contributed by atoms with Gasteiger partial charge in [0.05, 0.1) is 30.1 Å². The lowest BCUT2D eigenvalue weighted by Gasteiger charge is -2.23. The van der Waals surface area contributed by atoms with E-state index in [0.717, 1.165) is 12.5 Å².